The number of phenols is 2. The number of esters is 1. The number of aliphatic carboxylic acids is 1. The first-order chi connectivity index (χ1) is 14.5. The zero-order valence-electron chi connectivity index (χ0n) is 17.8. The number of hydrogen-bond donors (Lipinski definition) is 3. The predicted molar refractivity (Wildman–Crippen MR) is 109 cm³/mol. The van der Waals surface area contributed by atoms with Crippen molar-refractivity contribution in [2.45, 2.75) is 19.4 Å². The molecular formula is C22H27N2NaO6. The van der Waals surface area contributed by atoms with Crippen molar-refractivity contribution in [2.75, 3.05) is 32.8 Å². The van der Waals surface area contributed by atoms with E-state index < -0.39 is 11.9 Å². The van der Waals surface area contributed by atoms with E-state index >= 15 is 0 Å². The van der Waals surface area contributed by atoms with E-state index in [1.54, 1.807) is 41.3 Å². The summed E-state index contributed by atoms with van der Waals surface area (Å²) in [6, 6.07) is 13.8. The second kappa shape index (κ2) is 14.8. The van der Waals surface area contributed by atoms with Crippen molar-refractivity contribution < 1.29 is 59.2 Å². The molecule has 0 saturated heterocycles. The van der Waals surface area contributed by atoms with Crippen LogP contribution in [-0.2, 0) is 27.3 Å². The Morgan fingerprint density at radius 3 is 2.23 bits per heavy atom. The fraction of sp³-hybridized carbons (Fsp3) is 0.364. The number of carboxylic acids is 1. The Bertz CT molecular complexity index is 833. The summed E-state index contributed by atoms with van der Waals surface area (Å²) in [5.74, 6) is -1.29. The van der Waals surface area contributed by atoms with Gasteiger partial charge in [0, 0.05) is 31.7 Å². The van der Waals surface area contributed by atoms with Gasteiger partial charge in [-0.3, -0.25) is 9.69 Å². The van der Waals surface area contributed by atoms with E-state index in [2.05, 4.69) is 5.32 Å². The molecule has 0 aliphatic rings. The van der Waals surface area contributed by atoms with Gasteiger partial charge in [0.2, 0.25) is 0 Å². The van der Waals surface area contributed by atoms with E-state index in [1.807, 2.05) is 12.1 Å². The molecule has 2 rings (SSSR count). The van der Waals surface area contributed by atoms with Crippen molar-refractivity contribution in [3.8, 4) is 11.5 Å². The maximum atomic E-state index is 11.8. The van der Waals surface area contributed by atoms with E-state index in [9.17, 15) is 24.9 Å². The van der Waals surface area contributed by atoms with Gasteiger partial charge >= 0.3 is 35.5 Å². The van der Waals surface area contributed by atoms with Crippen LogP contribution in [0.2, 0.25) is 0 Å². The molecule has 0 aliphatic heterocycles. The van der Waals surface area contributed by atoms with Crippen molar-refractivity contribution >= 4 is 11.9 Å². The summed E-state index contributed by atoms with van der Waals surface area (Å²) >= 11 is 0. The first-order valence-corrected chi connectivity index (χ1v) is 9.78. The molecule has 0 unspecified atom stereocenters. The molecule has 8 nitrogen and oxygen atoms in total. The summed E-state index contributed by atoms with van der Waals surface area (Å²) < 4.78 is 5.15. The van der Waals surface area contributed by atoms with Gasteiger partial charge in [-0.25, -0.2) is 0 Å². The SMILES string of the molecule is O=C([O-])CN(CCNCC(=O)OCCCc1ccccc1O)Cc1ccccc1O.[Na+]. The van der Waals surface area contributed by atoms with Gasteiger partial charge in [0.25, 0.3) is 0 Å². The summed E-state index contributed by atoms with van der Waals surface area (Å²) in [4.78, 5) is 24.4. The van der Waals surface area contributed by atoms with Gasteiger partial charge in [-0.1, -0.05) is 36.4 Å². The number of phenolic OH excluding ortho intramolecular Hbond substituents is 2. The minimum atomic E-state index is -1.21. The van der Waals surface area contributed by atoms with Crippen molar-refractivity contribution in [1.82, 2.24) is 10.2 Å². The minimum Gasteiger partial charge on any atom is -0.549 e. The van der Waals surface area contributed by atoms with E-state index in [0.29, 0.717) is 31.5 Å². The Kier molecular flexibility index (Phi) is 12.9. The third-order valence-electron chi connectivity index (χ3n) is 4.46. The molecule has 162 valence electrons. The summed E-state index contributed by atoms with van der Waals surface area (Å²) in [5.41, 5.74) is 1.42. The zero-order valence-corrected chi connectivity index (χ0v) is 19.8. The van der Waals surface area contributed by atoms with Crippen molar-refractivity contribution in [3.63, 3.8) is 0 Å². The van der Waals surface area contributed by atoms with E-state index in [1.165, 1.54) is 0 Å². The quantitative estimate of drug-likeness (QED) is 0.177. The van der Waals surface area contributed by atoms with Crippen LogP contribution in [-0.4, -0.2) is 59.8 Å². The standard InChI is InChI=1S/C22H28N2O6.Na/c25-19-9-3-1-6-17(19)8-5-13-30-22(29)14-23-11-12-24(16-21(27)28)15-18-7-2-4-10-20(18)26;/h1-4,6-7,9-10,23,25-26H,5,8,11-16H2,(H,27,28);/q;+1/p-1. The van der Waals surface area contributed by atoms with Crippen LogP contribution in [0.3, 0.4) is 0 Å². The molecule has 3 N–H and O–H groups in total. The largest absolute Gasteiger partial charge is 1.00 e. The first-order valence-electron chi connectivity index (χ1n) is 9.78. The Morgan fingerprint density at radius 1 is 1.00 bits per heavy atom. The molecule has 31 heavy (non-hydrogen) atoms. The Hall–Kier alpha value is -2.10. The molecule has 0 aromatic heterocycles. The van der Waals surface area contributed by atoms with Crippen LogP contribution in [0.1, 0.15) is 17.5 Å². The minimum absolute atomic E-state index is 0. The Labute approximate surface area is 204 Å². The molecule has 2 aromatic carbocycles. The number of carbonyl (C=O) groups is 2. The number of rotatable bonds is 13. The molecule has 0 radical (unpaired) electrons. The molecule has 0 bridgehead atoms. The number of carboxylic acid groups (broad SMARTS) is 1. The number of para-hydroxylation sites is 2. The summed E-state index contributed by atoms with van der Waals surface area (Å²) in [6.45, 7) is 0.938. The number of aryl methyl sites for hydroxylation is 1. The van der Waals surface area contributed by atoms with Gasteiger partial charge in [0.05, 0.1) is 19.1 Å². The van der Waals surface area contributed by atoms with Crippen LogP contribution in [0.4, 0.5) is 0 Å². The van der Waals surface area contributed by atoms with Crippen LogP contribution >= 0.6 is 0 Å². The number of benzene rings is 2. The van der Waals surface area contributed by atoms with Crippen molar-refractivity contribution in [1.29, 1.82) is 0 Å². The molecular weight excluding hydrogens is 411 g/mol. The maximum Gasteiger partial charge on any atom is 1.00 e. The van der Waals surface area contributed by atoms with Crippen molar-refractivity contribution in [3.05, 3.63) is 59.7 Å². The molecule has 0 saturated carbocycles. The van der Waals surface area contributed by atoms with E-state index in [-0.39, 0.29) is 67.3 Å². The number of aromatic hydroxyl groups is 2. The fourth-order valence-corrected chi connectivity index (χ4v) is 2.93. The summed E-state index contributed by atoms with van der Waals surface area (Å²) in [6.07, 6.45) is 1.21. The third kappa shape index (κ3) is 10.7. The van der Waals surface area contributed by atoms with Gasteiger partial charge < -0.3 is 30.2 Å². The second-order valence-corrected chi connectivity index (χ2v) is 6.84. The van der Waals surface area contributed by atoms with Crippen LogP contribution < -0.4 is 40.0 Å². The first kappa shape index (κ1) is 26.9. The molecule has 0 aliphatic carbocycles. The average Bonchev–Trinajstić information content (AvgIpc) is 2.71. The van der Waals surface area contributed by atoms with Gasteiger partial charge in [-0.05, 0) is 30.5 Å². The maximum absolute atomic E-state index is 11.8. The van der Waals surface area contributed by atoms with Gasteiger partial charge in [0.15, 0.2) is 0 Å². The van der Waals surface area contributed by atoms with Gasteiger partial charge in [0.1, 0.15) is 11.5 Å². The van der Waals surface area contributed by atoms with Gasteiger partial charge in [-0.2, -0.15) is 0 Å². The number of ether oxygens (including phenoxy) is 1. The topological polar surface area (TPSA) is 122 Å². The van der Waals surface area contributed by atoms with Crippen molar-refractivity contribution in [2.24, 2.45) is 0 Å². The zero-order chi connectivity index (χ0) is 21.8. The number of hydrogen-bond acceptors (Lipinski definition) is 8. The molecule has 0 fully saturated rings. The van der Waals surface area contributed by atoms with Gasteiger partial charge in [-0.15, -0.1) is 0 Å². The van der Waals surface area contributed by atoms with Crippen LogP contribution in [0.25, 0.3) is 0 Å². The smallest absolute Gasteiger partial charge is 0.549 e. The Morgan fingerprint density at radius 2 is 1.61 bits per heavy atom. The Balaban J connectivity index is 0.00000480. The van der Waals surface area contributed by atoms with Crippen LogP contribution in [0.5, 0.6) is 11.5 Å². The summed E-state index contributed by atoms with van der Waals surface area (Å²) in [7, 11) is 0. The normalized spacial score (nSPS) is 10.5. The molecule has 0 amide bonds. The molecule has 2 aromatic rings. The van der Waals surface area contributed by atoms with Crippen LogP contribution in [0.15, 0.2) is 48.5 Å². The summed E-state index contributed by atoms with van der Waals surface area (Å²) in [5, 5.41) is 33.4. The number of nitrogens with zero attached hydrogens (tertiary/aromatic N) is 1. The molecule has 0 heterocycles. The van der Waals surface area contributed by atoms with E-state index in [4.69, 9.17) is 4.74 Å². The third-order valence-corrected chi connectivity index (χ3v) is 4.46. The van der Waals surface area contributed by atoms with Crippen LogP contribution in [0, 0.1) is 0 Å². The average molecular weight is 438 g/mol. The molecule has 9 heteroatoms. The second-order valence-electron chi connectivity index (χ2n) is 6.84. The molecule has 0 spiro atoms. The number of carbonyl (C=O) groups excluding carboxylic acids is 2. The molecule has 0 atom stereocenters. The number of nitrogens with one attached hydrogen (secondary N) is 1. The monoisotopic (exact) mass is 438 g/mol. The predicted octanol–water partition coefficient (Wildman–Crippen LogP) is -2.58. The fourth-order valence-electron chi connectivity index (χ4n) is 2.93. The van der Waals surface area contributed by atoms with E-state index in [0.717, 1.165) is 5.56 Å².